The van der Waals surface area contributed by atoms with Crippen molar-refractivity contribution in [1.29, 1.82) is 0 Å². The number of aryl methyl sites for hydroxylation is 1. The van der Waals surface area contributed by atoms with Gasteiger partial charge in [-0.3, -0.25) is 0 Å². The van der Waals surface area contributed by atoms with Gasteiger partial charge in [-0.25, -0.2) is 4.57 Å². The molecule has 164 valence electrons. The van der Waals surface area contributed by atoms with E-state index in [0.717, 1.165) is 13.1 Å². The van der Waals surface area contributed by atoms with Crippen molar-refractivity contribution >= 4 is 39.4 Å². The molecule has 0 atom stereocenters. The van der Waals surface area contributed by atoms with Crippen molar-refractivity contribution in [2.24, 2.45) is 7.05 Å². The van der Waals surface area contributed by atoms with Gasteiger partial charge in [-0.1, -0.05) is 69.2 Å². The second-order valence-corrected chi connectivity index (χ2v) is 8.78. The largest absolute Gasteiger partial charge is 0.372 e. The van der Waals surface area contributed by atoms with Gasteiger partial charge in [0.15, 0.2) is 12.4 Å². The summed E-state index contributed by atoms with van der Waals surface area (Å²) < 4.78 is 2.13. The molecule has 4 rings (SSSR count). The van der Waals surface area contributed by atoms with Crippen LogP contribution in [0.1, 0.15) is 50.7 Å². The SMILES string of the molecule is CCCCN(CCCC)c1ccc2cc(/C=C/c3c[n+](C)cc4ccccc34)ccc2c1. The third-order valence-corrected chi connectivity index (χ3v) is 6.19. The number of pyridine rings is 1. The van der Waals surface area contributed by atoms with Crippen molar-refractivity contribution in [3.8, 4) is 0 Å². The highest BCUT2D eigenvalue weighted by molar-refractivity contribution is 5.93. The summed E-state index contributed by atoms with van der Waals surface area (Å²) in [5.74, 6) is 0. The molecule has 0 amide bonds. The molecule has 0 aliphatic carbocycles. The van der Waals surface area contributed by atoms with Crippen LogP contribution in [-0.4, -0.2) is 13.1 Å². The van der Waals surface area contributed by atoms with E-state index in [9.17, 15) is 0 Å². The highest BCUT2D eigenvalue weighted by Crippen LogP contribution is 2.25. The van der Waals surface area contributed by atoms with Crippen LogP contribution in [0.15, 0.2) is 73.1 Å². The Balaban J connectivity index is 1.60. The maximum atomic E-state index is 2.56. The van der Waals surface area contributed by atoms with E-state index in [-0.39, 0.29) is 0 Å². The summed E-state index contributed by atoms with van der Waals surface area (Å²) >= 11 is 0. The molecule has 1 aromatic heterocycles. The van der Waals surface area contributed by atoms with Crippen LogP contribution < -0.4 is 9.47 Å². The summed E-state index contributed by atoms with van der Waals surface area (Å²) in [4.78, 5) is 2.56. The number of benzene rings is 3. The molecule has 0 saturated carbocycles. The fraction of sp³-hybridized carbons (Fsp3) is 0.300. The van der Waals surface area contributed by atoms with Crippen LogP contribution in [-0.2, 0) is 7.05 Å². The Morgan fingerprint density at radius 3 is 2.25 bits per heavy atom. The molecule has 0 saturated heterocycles. The van der Waals surface area contributed by atoms with Crippen LogP contribution in [0.2, 0.25) is 0 Å². The Bertz CT molecular complexity index is 1210. The summed E-state index contributed by atoms with van der Waals surface area (Å²) in [6.07, 6.45) is 13.8. The first-order chi connectivity index (χ1) is 15.7. The number of fused-ring (bicyclic) bond motifs is 2. The molecule has 2 nitrogen and oxygen atoms in total. The third-order valence-electron chi connectivity index (χ3n) is 6.19. The van der Waals surface area contributed by atoms with Crippen LogP contribution in [0.4, 0.5) is 5.69 Å². The van der Waals surface area contributed by atoms with E-state index in [1.54, 1.807) is 0 Å². The molecule has 0 spiro atoms. The van der Waals surface area contributed by atoms with Crippen LogP contribution in [0.25, 0.3) is 33.7 Å². The van der Waals surface area contributed by atoms with Crippen molar-refractivity contribution in [2.45, 2.75) is 39.5 Å². The van der Waals surface area contributed by atoms with Gasteiger partial charge in [-0.15, -0.1) is 0 Å². The average molecular weight is 424 g/mol. The van der Waals surface area contributed by atoms with Gasteiger partial charge in [0.25, 0.3) is 0 Å². The molecule has 0 aliphatic rings. The lowest BCUT2D eigenvalue weighted by atomic mass is 10.0. The minimum Gasteiger partial charge on any atom is -0.372 e. The average Bonchev–Trinajstić information content (AvgIpc) is 2.82. The first-order valence-electron chi connectivity index (χ1n) is 12.0. The molecule has 0 bridgehead atoms. The van der Waals surface area contributed by atoms with Gasteiger partial charge in [-0.05, 0) is 59.5 Å². The highest BCUT2D eigenvalue weighted by atomic mass is 15.1. The smallest absolute Gasteiger partial charge is 0.176 e. The maximum absolute atomic E-state index is 2.56. The van der Waals surface area contributed by atoms with E-state index in [4.69, 9.17) is 0 Å². The topological polar surface area (TPSA) is 7.12 Å². The van der Waals surface area contributed by atoms with Crippen molar-refractivity contribution < 1.29 is 4.57 Å². The second kappa shape index (κ2) is 10.5. The number of anilines is 1. The van der Waals surface area contributed by atoms with E-state index >= 15 is 0 Å². The van der Waals surface area contributed by atoms with Crippen molar-refractivity contribution in [3.05, 3.63) is 84.2 Å². The van der Waals surface area contributed by atoms with Crippen LogP contribution in [0.3, 0.4) is 0 Å². The van der Waals surface area contributed by atoms with Crippen LogP contribution >= 0.6 is 0 Å². The fourth-order valence-corrected chi connectivity index (χ4v) is 4.36. The van der Waals surface area contributed by atoms with Gasteiger partial charge in [0.2, 0.25) is 0 Å². The van der Waals surface area contributed by atoms with Gasteiger partial charge >= 0.3 is 0 Å². The Morgan fingerprint density at radius 2 is 1.47 bits per heavy atom. The molecule has 0 radical (unpaired) electrons. The normalized spacial score (nSPS) is 11.6. The first-order valence-corrected chi connectivity index (χ1v) is 12.0. The quantitative estimate of drug-likeness (QED) is 0.254. The molecule has 2 heteroatoms. The van der Waals surface area contributed by atoms with E-state index in [1.165, 1.54) is 64.0 Å². The van der Waals surface area contributed by atoms with Gasteiger partial charge in [-0.2, -0.15) is 0 Å². The number of nitrogens with zero attached hydrogens (tertiary/aromatic N) is 2. The summed E-state index contributed by atoms with van der Waals surface area (Å²) in [6.45, 7) is 6.83. The molecule has 0 aliphatic heterocycles. The van der Waals surface area contributed by atoms with Gasteiger partial charge in [0.1, 0.15) is 7.05 Å². The summed E-state index contributed by atoms with van der Waals surface area (Å²) in [5, 5.41) is 5.16. The molecule has 4 aromatic rings. The molecular weight excluding hydrogens is 388 g/mol. The monoisotopic (exact) mass is 423 g/mol. The lowest BCUT2D eigenvalue weighted by Gasteiger charge is -2.25. The second-order valence-electron chi connectivity index (χ2n) is 8.78. The predicted octanol–water partition coefficient (Wildman–Crippen LogP) is 7.39. The summed E-state index contributed by atoms with van der Waals surface area (Å²) in [5.41, 5.74) is 3.82. The molecule has 3 aromatic carbocycles. The maximum Gasteiger partial charge on any atom is 0.176 e. The molecule has 0 unspecified atom stereocenters. The summed E-state index contributed by atoms with van der Waals surface area (Å²) in [7, 11) is 2.09. The Kier molecular flexibility index (Phi) is 7.21. The molecule has 32 heavy (non-hydrogen) atoms. The zero-order valence-electron chi connectivity index (χ0n) is 19.7. The van der Waals surface area contributed by atoms with E-state index < -0.39 is 0 Å². The minimum absolute atomic E-state index is 1.14. The van der Waals surface area contributed by atoms with Crippen LogP contribution in [0, 0.1) is 0 Å². The lowest BCUT2D eigenvalue weighted by molar-refractivity contribution is -0.670. The van der Waals surface area contributed by atoms with Crippen LogP contribution in [0.5, 0.6) is 0 Å². The number of hydrogen-bond donors (Lipinski definition) is 0. The van der Waals surface area contributed by atoms with Crippen molar-refractivity contribution in [2.75, 3.05) is 18.0 Å². The van der Waals surface area contributed by atoms with E-state index in [1.807, 2.05) is 0 Å². The van der Waals surface area contributed by atoms with E-state index in [0.29, 0.717) is 0 Å². The first kappa shape index (κ1) is 22.1. The number of unbranched alkanes of at least 4 members (excludes halogenated alkanes) is 2. The molecule has 1 heterocycles. The minimum atomic E-state index is 1.14. The highest BCUT2D eigenvalue weighted by Gasteiger charge is 2.07. The number of rotatable bonds is 9. The lowest BCUT2D eigenvalue weighted by Crippen LogP contribution is -2.26. The Hall–Kier alpha value is -3.13. The third kappa shape index (κ3) is 5.19. The predicted molar refractivity (Wildman–Crippen MR) is 140 cm³/mol. The Morgan fingerprint density at radius 1 is 0.750 bits per heavy atom. The Labute approximate surface area is 192 Å². The van der Waals surface area contributed by atoms with Crippen molar-refractivity contribution in [1.82, 2.24) is 0 Å². The molecule has 0 fully saturated rings. The molecule has 0 N–H and O–H groups in total. The number of hydrogen-bond acceptors (Lipinski definition) is 1. The molecular formula is C30H35N2+. The standard InChI is InChI=1S/C30H35N2/c1-4-6-18-32(19-7-5-2)29-17-16-25-20-24(12-14-26(25)21-29)13-15-28-23-31(3)22-27-10-8-9-11-30(27)28/h8-17,20-23H,4-7,18-19H2,1-3H3/q+1/b15-13+. The zero-order chi connectivity index (χ0) is 22.3. The van der Waals surface area contributed by atoms with Gasteiger partial charge < -0.3 is 4.90 Å². The van der Waals surface area contributed by atoms with Crippen molar-refractivity contribution in [3.63, 3.8) is 0 Å². The van der Waals surface area contributed by atoms with Gasteiger partial charge in [0.05, 0.1) is 0 Å². The zero-order valence-corrected chi connectivity index (χ0v) is 19.7. The summed E-state index contributed by atoms with van der Waals surface area (Å²) in [6, 6.07) is 22.3. The number of aromatic nitrogens is 1. The van der Waals surface area contributed by atoms with E-state index in [2.05, 4.69) is 116 Å². The van der Waals surface area contributed by atoms with Gasteiger partial charge in [0, 0.05) is 35.1 Å². The fourth-order valence-electron chi connectivity index (χ4n) is 4.36.